The Balaban J connectivity index is 2.33. The Hall–Kier alpha value is -1.84. The number of hydrogen-bond donors (Lipinski definition) is 1. The molecule has 0 aliphatic carbocycles. The zero-order valence-electron chi connectivity index (χ0n) is 10.2. The highest BCUT2D eigenvalue weighted by Crippen LogP contribution is 2.02. The second kappa shape index (κ2) is 6.68. The van der Waals surface area contributed by atoms with Gasteiger partial charge >= 0.3 is 5.97 Å². The van der Waals surface area contributed by atoms with Gasteiger partial charge in [-0.25, -0.2) is 0 Å². The summed E-state index contributed by atoms with van der Waals surface area (Å²) in [7, 11) is 0. The van der Waals surface area contributed by atoms with Gasteiger partial charge in [0.15, 0.2) is 0 Å². The van der Waals surface area contributed by atoms with Crippen LogP contribution in [0.2, 0.25) is 0 Å². The predicted octanol–water partition coefficient (Wildman–Crippen LogP) is 1.56. The number of benzene rings is 1. The van der Waals surface area contributed by atoms with Crippen LogP contribution in [-0.4, -0.2) is 18.5 Å². The molecular formula is C13H17NO3. The smallest absolute Gasteiger partial charge is 0.315 e. The van der Waals surface area contributed by atoms with E-state index in [1.807, 2.05) is 31.2 Å². The molecule has 0 radical (unpaired) electrons. The van der Waals surface area contributed by atoms with Crippen molar-refractivity contribution in [3.63, 3.8) is 0 Å². The lowest BCUT2D eigenvalue weighted by Gasteiger charge is -2.05. The van der Waals surface area contributed by atoms with Crippen LogP contribution in [0.5, 0.6) is 0 Å². The van der Waals surface area contributed by atoms with Gasteiger partial charge in [-0.15, -0.1) is 0 Å². The number of rotatable bonds is 5. The van der Waals surface area contributed by atoms with Gasteiger partial charge in [-0.1, -0.05) is 29.8 Å². The highest BCUT2D eigenvalue weighted by atomic mass is 16.5. The van der Waals surface area contributed by atoms with Crippen LogP contribution in [0.3, 0.4) is 0 Å². The van der Waals surface area contributed by atoms with E-state index in [1.54, 1.807) is 6.92 Å². The topological polar surface area (TPSA) is 55.4 Å². The first-order chi connectivity index (χ1) is 8.11. The number of hydrogen-bond acceptors (Lipinski definition) is 3. The average Bonchev–Trinajstić information content (AvgIpc) is 2.28. The highest BCUT2D eigenvalue weighted by Gasteiger charge is 2.09. The van der Waals surface area contributed by atoms with E-state index >= 15 is 0 Å². The van der Waals surface area contributed by atoms with Gasteiger partial charge in [0.1, 0.15) is 6.42 Å². The van der Waals surface area contributed by atoms with Crippen molar-refractivity contribution in [2.45, 2.75) is 26.8 Å². The molecule has 0 fully saturated rings. The van der Waals surface area contributed by atoms with Crippen LogP contribution in [-0.2, 0) is 20.9 Å². The normalized spacial score (nSPS) is 9.76. The number of aryl methyl sites for hydroxylation is 1. The zero-order valence-corrected chi connectivity index (χ0v) is 10.2. The molecular weight excluding hydrogens is 218 g/mol. The van der Waals surface area contributed by atoms with Crippen LogP contribution < -0.4 is 5.32 Å². The molecule has 17 heavy (non-hydrogen) atoms. The molecule has 0 aliphatic heterocycles. The number of carbonyl (C=O) groups excluding carboxylic acids is 2. The molecule has 0 aliphatic rings. The monoisotopic (exact) mass is 235 g/mol. The lowest BCUT2D eigenvalue weighted by Crippen LogP contribution is -2.26. The van der Waals surface area contributed by atoms with E-state index in [9.17, 15) is 9.59 Å². The Labute approximate surface area is 101 Å². The third-order valence-electron chi connectivity index (χ3n) is 2.22. The van der Waals surface area contributed by atoms with Crippen molar-refractivity contribution in [2.75, 3.05) is 6.61 Å². The number of esters is 1. The van der Waals surface area contributed by atoms with Crippen LogP contribution in [0, 0.1) is 6.92 Å². The SMILES string of the molecule is CCOC(=O)CC(=O)NCc1ccc(C)cc1. The van der Waals surface area contributed by atoms with Crippen molar-refractivity contribution in [1.29, 1.82) is 0 Å². The quantitative estimate of drug-likeness (QED) is 0.622. The zero-order chi connectivity index (χ0) is 12.7. The highest BCUT2D eigenvalue weighted by molar-refractivity contribution is 5.94. The Kier molecular flexibility index (Phi) is 5.20. The molecule has 4 heteroatoms. The van der Waals surface area contributed by atoms with Crippen molar-refractivity contribution in [2.24, 2.45) is 0 Å². The third-order valence-corrected chi connectivity index (χ3v) is 2.22. The van der Waals surface area contributed by atoms with Gasteiger partial charge in [0, 0.05) is 6.54 Å². The van der Waals surface area contributed by atoms with Gasteiger partial charge in [-0.2, -0.15) is 0 Å². The summed E-state index contributed by atoms with van der Waals surface area (Å²) in [4.78, 5) is 22.4. The maximum Gasteiger partial charge on any atom is 0.315 e. The first-order valence-corrected chi connectivity index (χ1v) is 5.59. The summed E-state index contributed by atoms with van der Waals surface area (Å²) < 4.78 is 4.68. The lowest BCUT2D eigenvalue weighted by molar-refractivity contribution is -0.146. The number of nitrogens with one attached hydrogen (secondary N) is 1. The Bertz CT molecular complexity index is 384. The summed E-state index contributed by atoms with van der Waals surface area (Å²) in [5.41, 5.74) is 2.18. The molecule has 1 aromatic rings. The molecule has 0 saturated carbocycles. The van der Waals surface area contributed by atoms with Gasteiger partial charge in [-0.3, -0.25) is 9.59 Å². The molecule has 0 saturated heterocycles. The van der Waals surface area contributed by atoms with Crippen LogP contribution in [0.15, 0.2) is 24.3 Å². The number of ether oxygens (including phenoxy) is 1. The first kappa shape index (κ1) is 13.2. The molecule has 0 aromatic heterocycles. The summed E-state index contributed by atoms with van der Waals surface area (Å²) in [6.07, 6.45) is -0.223. The Morgan fingerprint density at radius 2 is 1.88 bits per heavy atom. The van der Waals surface area contributed by atoms with E-state index in [0.717, 1.165) is 5.56 Å². The third kappa shape index (κ3) is 5.15. The largest absolute Gasteiger partial charge is 0.466 e. The fourth-order valence-electron chi connectivity index (χ4n) is 1.31. The van der Waals surface area contributed by atoms with Gasteiger partial charge in [0.2, 0.25) is 5.91 Å². The molecule has 4 nitrogen and oxygen atoms in total. The van der Waals surface area contributed by atoms with E-state index in [-0.39, 0.29) is 12.3 Å². The molecule has 1 aromatic carbocycles. The van der Waals surface area contributed by atoms with Crippen LogP contribution in [0.4, 0.5) is 0 Å². The maximum absolute atomic E-state index is 11.4. The molecule has 0 heterocycles. The van der Waals surface area contributed by atoms with Gasteiger partial charge < -0.3 is 10.1 Å². The summed E-state index contributed by atoms with van der Waals surface area (Å²) >= 11 is 0. The van der Waals surface area contributed by atoms with Crippen LogP contribution in [0.25, 0.3) is 0 Å². The molecule has 1 amide bonds. The molecule has 1 rings (SSSR count). The van der Waals surface area contributed by atoms with Crippen molar-refractivity contribution in [3.05, 3.63) is 35.4 Å². The summed E-state index contributed by atoms with van der Waals surface area (Å²) in [5, 5.41) is 2.67. The molecule has 92 valence electrons. The van der Waals surface area contributed by atoms with E-state index < -0.39 is 5.97 Å². The van der Waals surface area contributed by atoms with E-state index in [2.05, 4.69) is 10.1 Å². The van der Waals surface area contributed by atoms with Crippen LogP contribution >= 0.6 is 0 Å². The van der Waals surface area contributed by atoms with Gasteiger partial charge in [-0.05, 0) is 19.4 Å². The van der Waals surface area contributed by atoms with E-state index in [4.69, 9.17) is 0 Å². The lowest BCUT2D eigenvalue weighted by atomic mass is 10.1. The van der Waals surface area contributed by atoms with Crippen molar-refractivity contribution in [1.82, 2.24) is 5.32 Å². The van der Waals surface area contributed by atoms with Gasteiger partial charge in [0.05, 0.1) is 6.61 Å². The summed E-state index contributed by atoms with van der Waals surface area (Å²) in [6.45, 7) is 4.44. The molecule has 1 N–H and O–H groups in total. The second-order valence-electron chi connectivity index (χ2n) is 3.74. The standard InChI is InChI=1S/C13H17NO3/c1-3-17-13(16)8-12(15)14-9-11-6-4-10(2)5-7-11/h4-7H,3,8-9H2,1-2H3,(H,14,15). The van der Waals surface area contributed by atoms with E-state index in [0.29, 0.717) is 13.2 Å². The fraction of sp³-hybridized carbons (Fsp3) is 0.385. The van der Waals surface area contributed by atoms with Crippen molar-refractivity contribution in [3.8, 4) is 0 Å². The van der Waals surface area contributed by atoms with Crippen LogP contribution in [0.1, 0.15) is 24.5 Å². The summed E-state index contributed by atoms with van der Waals surface area (Å²) in [5.74, 6) is -0.807. The van der Waals surface area contributed by atoms with E-state index in [1.165, 1.54) is 5.56 Å². The Morgan fingerprint density at radius 3 is 2.47 bits per heavy atom. The molecule has 0 bridgehead atoms. The minimum absolute atomic E-state index is 0.223. The maximum atomic E-state index is 11.4. The molecule has 0 spiro atoms. The Morgan fingerprint density at radius 1 is 1.24 bits per heavy atom. The molecule has 0 unspecified atom stereocenters. The number of amides is 1. The summed E-state index contributed by atoms with van der Waals surface area (Å²) in [6, 6.07) is 7.85. The van der Waals surface area contributed by atoms with Crippen molar-refractivity contribution < 1.29 is 14.3 Å². The minimum Gasteiger partial charge on any atom is -0.466 e. The molecule has 0 atom stereocenters. The van der Waals surface area contributed by atoms with Crippen molar-refractivity contribution >= 4 is 11.9 Å². The second-order valence-corrected chi connectivity index (χ2v) is 3.74. The number of carbonyl (C=O) groups is 2. The first-order valence-electron chi connectivity index (χ1n) is 5.59. The fourth-order valence-corrected chi connectivity index (χ4v) is 1.31. The predicted molar refractivity (Wildman–Crippen MR) is 64.3 cm³/mol. The minimum atomic E-state index is -0.492. The van der Waals surface area contributed by atoms with Gasteiger partial charge in [0.25, 0.3) is 0 Å². The average molecular weight is 235 g/mol.